The van der Waals surface area contributed by atoms with E-state index in [1.54, 1.807) is 0 Å². The maximum atomic E-state index is 6.40. The van der Waals surface area contributed by atoms with Crippen molar-refractivity contribution in [1.29, 1.82) is 0 Å². The Morgan fingerprint density at radius 3 is 2.57 bits per heavy atom. The van der Waals surface area contributed by atoms with Crippen molar-refractivity contribution >= 4 is 11.6 Å². The van der Waals surface area contributed by atoms with Crippen LogP contribution in [-0.4, -0.2) is 16.7 Å². The number of nitrogens with zero attached hydrogens (tertiary/aromatic N) is 2. The molecule has 1 aromatic heterocycles. The van der Waals surface area contributed by atoms with E-state index in [-0.39, 0.29) is 0 Å². The second-order valence-corrected chi connectivity index (χ2v) is 7.41. The van der Waals surface area contributed by atoms with Crippen LogP contribution in [0.15, 0.2) is 47.0 Å². The number of unbranched alkanes of at least 4 members (excludes halogenated alkanes) is 5. The zero-order chi connectivity index (χ0) is 19.8. The fourth-order valence-corrected chi connectivity index (χ4v) is 3.32. The summed E-state index contributed by atoms with van der Waals surface area (Å²) in [5.41, 5.74) is 2.83. The Balaban J connectivity index is 1.59. The van der Waals surface area contributed by atoms with Gasteiger partial charge in [0.1, 0.15) is 5.75 Å². The van der Waals surface area contributed by atoms with Crippen LogP contribution in [0.2, 0.25) is 5.02 Å². The van der Waals surface area contributed by atoms with Crippen LogP contribution in [0.25, 0.3) is 22.8 Å². The Labute approximate surface area is 171 Å². The number of benzene rings is 2. The lowest BCUT2D eigenvalue weighted by Crippen LogP contribution is -1.98. The average molecular weight is 399 g/mol. The lowest BCUT2D eigenvalue weighted by atomic mass is 10.1. The Bertz CT molecular complexity index is 892. The van der Waals surface area contributed by atoms with Gasteiger partial charge in [-0.25, -0.2) is 0 Å². The highest BCUT2D eigenvalue weighted by Gasteiger charge is 2.13. The highest BCUT2D eigenvalue weighted by molar-refractivity contribution is 6.32. The fourth-order valence-electron chi connectivity index (χ4n) is 3.08. The highest BCUT2D eigenvalue weighted by atomic mass is 35.5. The highest BCUT2D eigenvalue weighted by Crippen LogP contribution is 2.31. The average Bonchev–Trinajstić information content (AvgIpc) is 3.18. The molecule has 0 aliphatic rings. The number of hydrogen-bond donors (Lipinski definition) is 0. The predicted octanol–water partition coefficient (Wildman–Crippen LogP) is 7.10. The summed E-state index contributed by atoms with van der Waals surface area (Å²) in [6.07, 6.45) is 7.40. The van der Waals surface area contributed by atoms with Crippen molar-refractivity contribution in [3.8, 4) is 28.6 Å². The molecule has 0 atom stereocenters. The van der Waals surface area contributed by atoms with Gasteiger partial charge in [0, 0.05) is 11.1 Å². The molecule has 4 nitrogen and oxygen atoms in total. The second kappa shape index (κ2) is 10.3. The number of ether oxygens (including phenoxy) is 1. The van der Waals surface area contributed by atoms with Gasteiger partial charge in [0.05, 0.1) is 11.6 Å². The van der Waals surface area contributed by atoms with E-state index in [9.17, 15) is 0 Å². The van der Waals surface area contributed by atoms with E-state index in [0.717, 1.165) is 23.1 Å². The lowest BCUT2D eigenvalue weighted by Gasteiger charge is -2.08. The Morgan fingerprint density at radius 1 is 1.00 bits per heavy atom. The second-order valence-electron chi connectivity index (χ2n) is 7.00. The van der Waals surface area contributed by atoms with Crippen LogP contribution in [0.4, 0.5) is 0 Å². The van der Waals surface area contributed by atoms with Gasteiger partial charge in [-0.2, -0.15) is 4.98 Å². The molecule has 0 saturated carbocycles. The summed E-state index contributed by atoms with van der Waals surface area (Å²) in [6, 6.07) is 13.5. The SMILES string of the molecule is CCCCCCCCOc1ccc(-c2noc(-c3ccccc3C)n2)cc1Cl. The molecule has 0 amide bonds. The van der Waals surface area contributed by atoms with Gasteiger partial charge in [-0.1, -0.05) is 74.0 Å². The van der Waals surface area contributed by atoms with Crippen molar-refractivity contribution in [2.24, 2.45) is 0 Å². The number of hydrogen-bond acceptors (Lipinski definition) is 4. The van der Waals surface area contributed by atoms with Gasteiger partial charge in [0.25, 0.3) is 5.89 Å². The first kappa shape index (κ1) is 20.4. The summed E-state index contributed by atoms with van der Waals surface area (Å²) >= 11 is 6.40. The molecular weight excluding hydrogens is 372 g/mol. The molecular formula is C23H27ClN2O2. The normalized spacial score (nSPS) is 11.0. The first-order chi connectivity index (χ1) is 13.7. The summed E-state index contributed by atoms with van der Waals surface area (Å²) in [7, 11) is 0. The Hall–Kier alpha value is -2.33. The topological polar surface area (TPSA) is 48.2 Å². The Morgan fingerprint density at radius 2 is 1.79 bits per heavy atom. The lowest BCUT2D eigenvalue weighted by molar-refractivity contribution is 0.304. The van der Waals surface area contributed by atoms with Crippen LogP contribution in [0, 0.1) is 6.92 Å². The minimum Gasteiger partial charge on any atom is -0.492 e. The van der Waals surface area contributed by atoms with E-state index in [4.69, 9.17) is 20.9 Å². The number of aryl methyl sites for hydroxylation is 1. The minimum atomic E-state index is 0.507. The van der Waals surface area contributed by atoms with Crippen molar-refractivity contribution in [1.82, 2.24) is 10.1 Å². The summed E-state index contributed by atoms with van der Waals surface area (Å²) < 4.78 is 11.3. The van der Waals surface area contributed by atoms with Gasteiger partial charge in [-0.15, -0.1) is 0 Å². The molecule has 0 aliphatic heterocycles. The van der Waals surface area contributed by atoms with Crippen LogP contribution < -0.4 is 4.74 Å². The van der Waals surface area contributed by atoms with Crippen molar-refractivity contribution in [3.05, 3.63) is 53.1 Å². The summed E-state index contributed by atoms with van der Waals surface area (Å²) in [5, 5.41) is 4.66. The minimum absolute atomic E-state index is 0.507. The summed E-state index contributed by atoms with van der Waals surface area (Å²) in [5.74, 6) is 1.72. The van der Waals surface area contributed by atoms with Crippen molar-refractivity contribution in [2.45, 2.75) is 52.4 Å². The van der Waals surface area contributed by atoms with Gasteiger partial charge in [0.15, 0.2) is 0 Å². The number of halogens is 1. The standard InChI is InChI=1S/C23H27ClN2O2/c1-3-4-5-6-7-10-15-27-21-14-13-18(16-20(21)24)22-25-23(28-26-22)19-12-9-8-11-17(19)2/h8-9,11-14,16H,3-7,10,15H2,1-2H3. The molecule has 3 aromatic rings. The zero-order valence-electron chi connectivity index (χ0n) is 16.6. The molecule has 0 fully saturated rings. The molecule has 148 valence electrons. The van der Waals surface area contributed by atoms with E-state index in [1.165, 1.54) is 32.1 Å². The van der Waals surface area contributed by atoms with Crippen LogP contribution in [-0.2, 0) is 0 Å². The molecule has 0 N–H and O–H groups in total. The van der Waals surface area contributed by atoms with Crippen LogP contribution in [0.1, 0.15) is 51.0 Å². The number of rotatable bonds is 10. The molecule has 0 spiro atoms. The molecule has 0 radical (unpaired) electrons. The molecule has 0 saturated heterocycles. The molecule has 2 aromatic carbocycles. The van der Waals surface area contributed by atoms with Crippen molar-refractivity contribution in [2.75, 3.05) is 6.61 Å². The first-order valence-corrected chi connectivity index (χ1v) is 10.4. The summed E-state index contributed by atoms with van der Waals surface area (Å²) in [6.45, 7) is 4.93. The van der Waals surface area contributed by atoms with E-state index in [1.807, 2.05) is 49.4 Å². The van der Waals surface area contributed by atoms with E-state index >= 15 is 0 Å². The molecule has 0 aliphatic carbocycles. The van der Waals surface area contributed by atoms with Gasteiger partial charge >= 0.3 is 0 Å². The van der Waals surface area contributed by atoms with Crippen molar-refractivity contribution in [3.63, 3.8) is 0 Å². The maximum Gasteiger partial charge on any atom is 0.258 e. The van der Waals surface area contributed by atoms with E-state index in [0.29, 0.717) is 29.1 Å². The van der Waals surface area contributed by atoms with Crippen LogP contribution in [0.5, 0.6) is 5.75 Å². The fraction of sp³-hybridized carbons (Fsp3) is 0.391. The van der Waals surface area contributed by atoms with E-state index in [2.05, 4.69) is 17.1 Å². The monoisotopic (exact) mass is 398 g/mol. The molecule has 0 unspecified atom stereocenters. The number of aromatic nitrogens is 2. The van der Waals surface area contributed by atoms with Crippen LogP contribution >= 0.6 is 11.6 Å². The smallest absolute Gasteiger partial charge is 0.258 e. The molecule has 3 rings (SSSR count). The maximum absolute atomic E-state index is 6.40. The predicted molar refractivity (Wildman–Crippen MR) is 114 cm³/mol. The van der Waals surface area contributed by atoms with Gasteiger partial charge < -0.3 is 9.26 Å². The quantitative estimate of drug-likeness (QED) is 0.341. The van der Waals surface area contributed by atoms with Gasteiger partial charge in [-0.05, 0) is 43.2 Å². The first-order valence-electron chi connectivity index (χ1n) is 10.0. The molecule has 5 heteroatoms. The molecule has 28 heavy (non-hydrogen) atoms. The molecule has 0 bridgehead atoms. The Kier molecular flexibility index (Phi) is 7.49. The van der Waals surface area contributed by atoms with Gasteiger partial charge in [0.2, 0.25) is 5.82 Å². The third-order valence-electron chi connectivity index (χ3n) is 4.75. The third kappa shape index (κ3) is 5.35. The van der Waals surface area contributed by atoms with Gasteiger partial charge in [-0.3, -0.25) is 0 Å². The summed E-state index contributed by atoms with van der Waals surface area (Å²) in [4.78, 5) is 4.52. The van der Waals surface area contributed by atoms with E-state index < -0.39 is 0 Å². The zero-order valence-corrected chi connectivity index (χ0v) is 17.3. The van der Waals surface area contributed by atoms with Crippen LogP contribution in [0.3, 0.4) is 0 Å². The third-order valence-corrected chi connectivity index (χ3v) is 5.04. The largest absolute Gasteiger partial charge is 0.492 e. The molecule has 1 heterocycles. The van der Waals surface area contributed by atoms with Crippen molar-refractivity contribution < 1.29 is 9.26 Å².